The molecule has 0 bridgehead atoms. The molecule has 2 fully saturated rings. The van der Waals surface area contributed by atoms with Crippen molar-refractivity contribution in [1.29, 1.82) is 0 Å². The van der Waals surface area contributed by atoms with Crippen LogP contribution in [-0.2, 0) is 4.79 Å². The maximum absolute atomic E-state index is 13.1. The van der Waals surface area contributed by atoms with Gasteiger partial charge in [0.2, 0.25) is 5.91 Å². The van der Waals surface area contributed by atoms with Gasteiger partial charge in [0.15, 0.2) is 0 Å². The fraction of sp³-hybridized carbons (Fsp3) is 0.364. The zero-order chi connectivity index (χ0) is 20.4. The van der Waals surface area contributed by atoms with E-state index in [1.54, 1.807) is 7.11 Å². The summed E-state index contributed by atoms with van der Waals surface area (Å²) in [6, 6.07) is 12.0. The molecular formula is C22H24FN3O3. The molecule has 0 aromatic heterocycles. The van der Waals surface area contributed by atoms with Gasteiger partial charge in [-0.2, -0.15) is 0 Å². The lowest BCUT2D eigenvalue weighted by Crippen LogP contribution is -2.45. The molecule has 2 aliphatic rings. The first-order valence-corrected chi connectivity index (χ1v) is 9.80. The van der Waals surface area contributed by atoms with Crippen LogP contribution in [-0.4, -0.2) is 30.6 Å². The van der Waals surface area contributed by atoms with Crippen molar-refractivity contribution in [3.05, 3.63) is 59.9 Å². The van der Waals surface area contributed by atoms with E-state index in [4.69, 9.17) is 4.74 Å². The Kier molecular flexibility index (Phi) is 5.13. The van der Waals surface area contributed by atoms with Crippen LogP contribution in [0.2, 0.25) is 0 Å². The molecule has 0 radical (unpaired) electrons. The number of rotatable bonds is 4. The van der Waals surface area contributed by atoms with E-state index in [0.717, 1.165) is 37.0 Å². The largest absolute Gasteiger partial charge is 0.497 e. The monoisotopic (exact) mass is 397 g/mol. The summed E-state index contributed by atoms with van der Waals surface area (Å²) in [5, 5.41) is 8.67. The maximum Gasteiger partial charge on any atom is 0.319 e. The zero-order valence-corrected chi connectivity index (χ0v) is 16.2. The summed E-state index contributed by atoms with van der Waals surface area (Å²) >= 11 is 0. The molecule has 1 aliphatic carbocycles. The second-order valence-corrected chi connectivity index (χ2v) is 7.69. The molecule has 3 N–H and O–H groups in total. The maximum atomic E-state index is 13.1. The number of urea groups is 1. The molecule has 1 heterocycles. The third kappa shape index (κ3) is 3.77. The lowest BCUT2D eigenvalue weighted by molar-refractivity contribution is -0.121. The summed E-state index contributed by atoms with van der Waals surface area (Å²) in [6.45, 7) is 0. The molecule has 29 heavy (non-hydrogen) atoms. The number of carbonyl (C=O) groups excluding carboxylic acids is 2. The van der Waals surface area contributed by atoms with Crippen molar-refractivity contribution in [1.82, 2.24) is 10.6 Å². The van der Waals surface area contributed by atoms with E-state index in [9.17, 15) is 14.0 Å². The Morgan fingerprint density at radius 3 is 2.38 bits per heavy atom. The van der Waals surface area contributed by atoms with E-state index in [1.165, 1.54) is 24.3 Å². The van der Waals surface area contributed by atoms with Gasteiger partial charge in [0.05, 0.1) is 7.11 Å². The Bertz CT molecular complexity index is 893. The second kappa shape index (κ2) is 7.73. The van der Waals surface area contributed by atoms with Crippen molar-refractivity contribution in [3.8, 4) is 5.75 Å². The summed E-state index contributed by atoms with van der Waals surface area (Å²) in [7, 11) is 1.61. The lowest BCUT2D eigenvalue weighted by atomic mass is 9.77. The fourth-order valence-corrected chi connectivity index (χ4v) is 4.63. The van der Waals surface area contributed by atoms with Gasteiger partial charge < -0.3 is 20.7 Å². The Morgan fingerprint density at radius 1 is 1.10 bits per heavy atom. The molecule has 2 aromatic carbocycles. The van der Waals surface area contributed by atoms with Crippen LogP contribution >= 0.6 is 0 Å². The number of benzene rings is 2. The number of ether oxygens (including phenoxy) is 1. The van der Waals surface area contributed by atoms with Crippen molar-refractivity contribution in [3.63, 3.8) is 0 Å². The van der Waals surface area contributed by atoms with Gasteiger partial charge in [0.25, 0.3) is 0 Å². The summed E-state index contributed by atoms with van der Waals surface area (Å²) in [5.41, 5.74) is 1.09. The second-order valence-electron chi connectivity index (χ2n) is 7.69. The van der Waals surface area contributed by atoms with Crippen LogP contribution < -0.4 is 20.7 Å². The molecule has 7 heteroatoms. The van der Waals surface area contributed by atoms with Crippen molar-refractivity contribution < 1.29 is 18.7 Å². The molecule has 2 aromatic rings. The first-order valence-electron chi connectivity index (χ1n) is 9.80. The van der Waals surface area contributed by atoms with E-state index >= 15 is 0 Å². The van der Waals surface area contributed by atoms with E-state index in [1.807, 2.05) is 24.3 Å². The highest BCUT2D eigenvalue weighted by atomic mass is 19.1. The smallest absolute Gasteiger partial charge is 0.319 e. The molecule has 1 aliphatic heterocycles. The van der Waals surface area contributed by atoms with Gasteiger partial charge in [-0.25, -0.2) is 9.18 Å². The minimum Gasteiger partial charge on any atom is -0.497 e. The summed E-state index contributed by atoms with van der Waals surface area (Å²) in [4.78, 5) is 25.4. The topological polar surface area (TPSA) is 79.5 Å². The summed E-state index contributed by atoms with van der Waals surface area (Å²) in [6.07, 6.45) is 3.85. The van der Waals surface area contributed by atoms with Gasteiger partial charge in [0.1, 0.15) is 17.6 Å². The van der Waals surface area contributed by atoms with Gasteiger partial charge in [-0.3, -0.25) is 4.79 Å². The molecule has 2 unspecified atom stereocenters. The number of carbonyl (C=O) groups is 2. The van der Waals surface area contributed by atoms with E-state index in [-0.39, 0.29) is 23.2 Å². The SMILES string of the molecule is COc1ccc(C2C(NC(=O)Nc3ccc(F)cc3)C(=O)NC23CCCC3)cc1. The van der Waals surface area contributed by atoms with Crippen LogP contribution in [0.25, 0.3) is 0 Å². The molecule has 2 atom stereocenters. The van der Waals surface area contributed by atoms with Crippen LogP contribution in [0.3, 0.4) is 0 Å². The van der Waals surface area contributed by atoms with Crippen molar-refractivity contribution in [2.75, 3.05) is 12.4 Å². The highest BCUT2D eigenvalue weighted by Gasteiger charge is 2.55. The van der Waals surface area contributed by atoms with E-state index in [0.29, 0.717) is 5.69 Å². The van der Waals surface area contributed by atoms with Crippen LogP contribution in [0.4, 0.5) is 14.9 Å². The number of amides is 3. The number of methoxy groups -OCH3 is 1. The van der Waals surface area contributed by atoms with Gasteiger partial charge in [-0.1, -0.05) is 25.0 Å². The van der Waals surface area contributed by atoms with Crippen LogP contribution in [0.15, 0.2) is 48.5 Å². The molecule has 4 rings (SSSR count). The third-order valence-electron chi connectivity index (χ3n) is 5.94. The standard InChI is InChI=1S/C22H24FN3O3/c1-29-17-10-4-14(5-11-17)18-19(20(27)26-22(18)12-2-3-13-22)25-21(28)24-16-8-6-15(23)7-9-16/h4-11,18-19H,2-3,12-13H2,1H3,(H,26,27)(H2,24,25,28). The highest BCUT2D eigenvalue weighted by molar-refractivity contribution is 5.96. The molecule has 3 amide bonds. The van der Waals surface area contributed by atoms with E-state index in [2.05, 4.69) is 16.0 Å². The molecule has 6 nitrogen and oxygen atoms in total. The first kappa shape index (κ1) is 19.2. The Labute approximate surface area is 168 Å². The molecule has 1 spiro atoms. The Morgan fingerprint density at radius 2 is 1.76 bits per heavy atom. The predicted molar refractivity (Wildman–Crippen MR) is 107 cm³/mol. The lowest BCUT2D eigenvalue weighted by Gasteiger charge is -2.33. The van der Waals surface area contributed by atoms with Crippen LogP contribution in [0.1, 0.15) is 37.2 Å². The fourth-order valence-electron chi connectivity index (χ4n) is 4.63. The quantitative estimate of drug-likeness (QED) is 0.738. The first-order chi connectivity index (χ1) is 14.0. The summed E-state index contributed by atoms with van der Waals surface area (Å²) < 4.78 is 18.3. The minimum absolute atomic E-state index is 0.178. The minimum atomic E-state index is -0.693. The van der Waals surface area contributed by atoms with Gasteiger partial charge in [-0.15, -0.1) is 0 Å². The van der Waals surface area contributed by atoms with Crippen molar-refractivity contribution >= 4 is 17.6 Å². The Hall–Kier alpha value is -3.09. The zero-order valence-electron chi connectivity index (χ0n) is 16.2. The van der Waals surface area contributed by atoms with Gasteiger partial charge >= 0.3 is 6.03 Å². The number of hydrogen-bond acceptors (Lipinski definition) is 3. The van der Waals surface area contributed by atoms with E-state index < -0.39 is 12.1 Å². The number of halogens is 1. The normalized spacial score (nSPS) is 22.3. The summed E-state index contributed by atoms with van der Waals surface area (Å²) in [5.74, 6) is 0.00304. The average molecular weight is 397 g/mol. The van der Waals surface area contributed by atoms with Gasteiger partial charge in [-0.05, 0) is 54.8 Å². The average Bonchev–Trinajstić information content (AvgIpc) is 3.28. The number of nitrogens with one attached hydrogen (secondary N) is 3. The van der Waals surface area contributed by atoms with Crippen molar-refractivity contribution in [2.24, 2.45) is 0 Å². The molecule has 1 saturated heterocycles. The number of hydrogen-bond donors (Lipinski definition) is 3. The van der Waals surface area contributed by atoms with Crippen molar-refractivity contribution in [2.45, 2.75) is 43.2 Å². The molecular weight excluding hydrogens is 373 g/mol. The predicted octanol–water partition coefficient (Wildman–Crippen LogP) is 3.55. The highest BCUT2D eigenvalue weighted by Crippen LogP contribution is 2.47. The van der Waals surface area contributed by atoms with Gasteiger partial charge in [0, 0.05) is 17.1 Å². The third-order valence-corrected chi connectivity index (χ3v) is 5.94. The number of anilines is 1. The van der Waals surface area contributed by atoms with Crippen LogP contribution in [0, 0.1) is 5.82 Å². The molecule has 1 saturated carbocycles. The van der Waals surface area contributed by atoms with Crippen LogP contribution in [0.5, 0.6) is 5.75 Å². The molecule has 152 valence electrons. The Balaban J connectivity index is 1.58.